The van der Waals surface area contributed by atoms with Gasteiger partial charge in [-0.15, -0.1) is 11.3 Å². The van der Waals surface area contributed by atoms with Crippen LogP contribution in [-0.4, -0.2) is 48.4 Å². The number of hydrogen-bond donors (Lipinski definition) is 2. The molecule has 2 atom stereocenters. The zero-order valence-corrected chi connectivity index (χ0v) is 14.4. The fourth-order valence-corrected chi connectivity index (χ4v) is 3.54. The van der Waals surface area contributed by atoms with E-state index in [2.05, 4.69) is 5.32 Å². The Labute approximate surface area is 136 Å². The first-order valence-corrected chi connectivity index (χ1v) is 8.61. The van der Waals surface area contributed by atoms with Gasteiger partial charge in [0.15, 0.2) is 0 Å². The second-order valence-electron chi connectivity index (χ2n) is 6.70. The molecule has 1 aliphatic rings. The first-order valence-electron chi connectivity index (χ1n) is 7.73. The van der Waals surface area contributed by atoms with E-state index < -0.39 is 0 Å². The molecule has 5 nitrogen and oxygen atoms in total. The summed E-state index contributed by atoms with van der Waals surface area (Å²) < 4.78 is 5.76. The fraction of sp³-hybridized carbons (Fsp3) is 0.688. The van der Waals surface area contributed by atoms with Crippen LogP contribution in [0.4, 0.5) is 4.79 Å². The molecule has 1 aromatic heterocycles. The van der Waals surface area contributed by atoms with Crippen molar-refractivity contribution < 1.29 is 14.6 Å². The van der Waals surface area contributed by atoms with Crippen molar-refractivity contribution >= 4 is 17.4 Å². The molecular formula is C16H26N2O3S. The monoisotopic (exact) mass is 326 g/mol. The van der Waals surface area contributed by atoms with Crippen LogP contribution in [-0.2, 0) is 4.74 Å². The summed E-state index contributed by atoms with van der Waals surface area (Å²) in [5, 5.41) is 14.5. The number of morpholine rings is 1. The van der Waals surface area contributed by atoms with E-state index in [1.54, 1.807) is 18.3 Å². The number of urea groups is 1. The van der Waals surface area contributed by atoms with Gasteiger partial charge in [-0.2, -0.15) is 0 Å². The molecule has 2 unspecified atom stereocenters. The minimum atomic E-state index is -0.363. The standard InChI is InChI=1S/C16H26N2O3S/c1-12(19)9-16(2,3)11-17-15(20)18-6-7-21-13(10-18)14-5-4-8-22-14/h4-5,8,12-13,19H,6-7,9-11H2,1-3H3,(H,17,20). The third kappa shape index (κ3) is 4.97. The number of aliphatic hydroxyl groups is 1. The average molecular weight is 326 g/mol. The number of thiophene rings is 1. The van der Waals surface area contributed by atoms with Gasteiger partial charge in [0, 0.05) is 18.0 Å². The molecule has 22 heavy (non-hydrogen) atoms. The van der Waals surface area contributed by atoms with E-state index >= 15 is 0 Å². The number of rotatable bonds is 5. The van der Waals surface area contributed by atoms with E-state index in [9.17, 15) is 9.90 Å². The molecule has 1 aromatic rings. The quantitative estimate of drug-likeness (QED) is 0.874. The first-order chi connectivity index (χ1) is 10.4. The van der Waals surface area contributed by atoms with Crippen LogP contribution < -0.4 is 5.32 Å². The summed E-state index contributed by atoms with van der Waals surface area (Å²) in [5.74, 6) is 0. The minimum Gasteiger partial charge on any atom is -0.393 e. The Morgan fingerprint density at radius 1 is 1.64 bits per heavy atom. The molecule has 2 amide bonds. The normalized spacial score (nSPS) is 20.7. The van der Waals surface area contributed by atoms with E-state index in [1.165, 1.54) is 0 Å². The Bertz CT molecular complexity index is 474. The molecule has 0 saturated carbocycles. The molecule has 0 spiro atoms. The molecular weight excluding hydrogens is 300 g/mol. The van der Waals surface area contributed by atoms with Gasteiger partial charge in [-0.05, 0) is 30.2 Å². The van der Waals surface area contributed by atoms with Crippen molar-refractivity contribution in [1.29, 1.82) is 0 Å². The van der Waals surface area contributed by atoms with Crippen LogP contribution in [0.15, 0.2) is 17.5 Å². The van der Waals surface area contributed by atoms with Gasteiger partial charge in [-0.1, -0.05) is 19.9 Å². The minimum absolute atomic E-state index is 0.0232. The van der Waals surface area contributed by atoms with Crippen LogP contribution in [0.5, 0.6) is 0 Å². The van der Waals surface area contributed by atoms with Crippen LogP contribution >= 0.6 is 11.3 Å². The van der Waals surface area contributed by atoms with Gasteiger partial charge in [-0.25, -0.2) is 4.79 Å². The molecule has 1 fully saturated rings. The molecule has 1 aliphatic heterocycles. The summed E-state index contributed by atoms with van der Waals surface area (Å²) >= 11 is 1.66. The highest BCUT2D eigenvalue weighted by molar-refractivity contribution is 7.10. The predicted octanol–water partition coefficient (Wildman–Crippen LogP) is 2.63. The van der Waals surface area contributed by atoms with Crippen molar-refractivity contribution in [2.24, 2.45) is 5.41 Å². The number of carbonyl (C=O) groups is 1. The molecule has 124 valence electrons. The number of amides is 2. The van der Waals surface area contributed by atoms with Crippen LogP contribution in [0, 0.1) is 5.41 Å². The fourth-order valence-electron chi connectivity index (χ4n) is 2.78. The van der Waals surface area contributed by atoms with Gasteiger partial charge in [0.2, 0.25) is 0 Å². The topological polar surface area (TPSA) is 61.8 Å². The second kappa shape index (κ2) is 7.44. The second-order valence-corrected chi connectivity index (χ2v) is 7.68. The van der Waals surface area contributed by atoms with Gasteiger partial charge in [-0.3, -0.25) is 0 Å². The van der Waals surface area contributed by atoms with Gasteiger partial charge in [0.25, 0.3) is 0 Å². The number of ether oxygens (including phenoxy) is 1. The molecule has 6 heteroatoms. The van der Waals surface area contributed by atoms with Crippen molar-refractivity contribution in [3.63, 3.8) is 0 Å². The molecule has 2 N–H and O–H groups in total. The smallest absolute Gasteiger partial charge is 0.317 e. The van der Waals surface area contributed by atoms with Crippen molar-refractivity contribution in [3.8, 4) is 0 Å². The molecule has 0 aromatic carbocycles. The van der Waals surface area contributed by atoms with E-state index in [0.29, 0.717) is 32.7 Å². The average Bonchev–Trinajstić information content (AvgIpc) is 2.98. The summed E-state index contributed by atoms with van der Waals surface area (Å²) in [6.45, 7) is 8.19. The van der Waals surface area contributed by atoms with Gasteiger partial charge in [0.1, 0.15) is 6.10 Å². The maximum absolute atomic E-state index is 12.3. The van der Waals surface area contributed by atoms with Crippen LogP contribution in [0.25, 0.3) is 0 Å². The highest BCUT2D eigenvalue weighted by atomic mass is 32.1. The lowest BCUT2D eigenvalue weighted by Crippen LogP contribution is -2.49. The SMILES string of the molecule is CC(O)CC(C)(C)CNC(=O)N1CCOC(c2cccs2)C1. The summed E-state index contributed by atoms with van der Waals surface area (Å²) in [4.78, 5) is 15.3. The third-order valence-corrected chi connectivity index (χ3v) is 4.74. The Hall–Kier alpha value is -1.11. The van der Waals surface area contributed by atoms with E-state index in [0.717, 1.165) is 4.88 Å². The number of carbonyl (C=O) groups excluding carboxylic acids is 1. The van der Waals surface area contributed by atoms with Crippen molar-refractivity contribution in [2.45, 2.75) is 39.4 Å². The highest BCUT2D eigenvalue weighted by Crippen LogP contribution is 2.26. The number of hydrogen-bond acceptors (Lipinski definition) is 4. The van der Waals surface area contributed by atoms with Gasteiger partial charge < -0.3 is 20.1 Å². The molecule has 0 aliphatic carbocycles. The maximum atomic E-state index is 12.3. The molecule has 1 saturated heterocycles. The van der Waals surface area contributed by atoms with Crippen LogP contribution in [0.3, 0.4) is 0 Å². The van der Waals surface area contributed by atoms with Gasteiger partial charge >= 0.3 is 6.03 Å². The Morgan fingerprint density at radius 3 is 3.05 bits per heavy atom. The van der Waals surface area contributed by atoms with Crippen molar-refractivity contribution in [2.75, 3.05) is 26.2 Å². The number of aliphatic hydroxyl groups excluding tert-OH is 1. The van der Waals surface area contributed by atoms with Gasteiger partial charge in [0.05, 0.1) is 19.3 Å². The Kier molecular flexibility index (Phi) is 5.83. The summed E-state index contributed by atoms with van der Waals surface area (Å²) in [6.07, 6.45) is 0.275. The third-order valence-electron chi connectivity index (χ3n) is 3.78. The zero-order chi connectivity index (χ0) is 16.2. The Balaban J connectivity index is 1.84. The molecule has 2 rings (SSSR count). The molecule has 0 bridgehead atoms. The summed E-state index contributed by atoms with van der Waals surface area (Å²) in [7, 11) is 0. The van der Waals surface area contributed by atoms with E-state index in [-0.39, 0.29) is 23.7 Å². The van der Waals surface area contributed by atoms with Crippen molar-refractivity contribution in [1.82, 2.24) is 10.2 Å². The Morgan fingerprint density at radius 2 is 2.41 bits per heavy atom. The summed E-state index contributed by atoms with van der Waals surface area (Å²) in [6, 6.07) is 3.99. The lowest BCUT2D eigenvalue weighted by atomic mass is 9.87. The lowest BCUT2D eigenvalue weighted by Gasteiger charge is -2.34. The van der Waals surface area contributed by atoms with E-state index in [1.807, 2.05) is 36.3 Å². The molecule has 2 heterocycles. The zero-order valence-electron chi connectivity index (χ0n) is 13.5. The van der Waals surface area contributed by atoms with Crippen LogP contribution in [0.2, 0.25) is 0 Å². The largest absolute Gasteiger partial charge is 0.393 e. The lowest BCUT2D eigenvalue weighted by molar-refractivity contribution is -0.0139. The predicted molar refractivity (Wildman–Crippen MR) is 88.1 cm³/mol. The molecule has 0 radical (unpaired) electrons. The number of nitrogens with zero attached hydrogens (tertiary/aromatic N) is 1. The van der Waals surface area contributed by atoms with Crippen LogP contribution in [0.1, 0.15) is 38.2 Å². The van der Waals surface area contributed by atoms with Crippen molar-refractivity contribution in [3.05, 3.63) is 22.4 Å². The highest BCUT2D eigenvalue weighted by Gasteiger charge is 2.27. The number of nitrogens with one attached hydrogen (secondary N) is 1. The van der Waals surface area contributed by atoms with E-state index in [4.69, 9.17) is 4.74 Å². The maximum Gasteiger partial charge on any atom is 0.317 e. The summed E-state index contributed by atoms with van der Waals surface area (Å²) in [5.41, 5.74) is -0.122. The first kappa shape index (κ1) is 17.2.